The van der Waals surface area contributed by atoms with Crippen molar-refractivity contribution in [1.29, 1.82) is 0 Å². The van der Waals surface area contributed by atoms with E-state index in [0.717, 1.165) is 0 Å². The molecule has 2 N–H and O–H groups in total. The third-order valence-corrected chi connectivity index (χ3v) is 1.45. The normalized spacial score (nSPS) is 14.0. The summed E-state index contributed by atoms with van der Waals surface area (Å²) in [5.41, 5.74) is 0. The maximum absolute atomic E-state index is 10.1. The van der Waals surface area contributed by atoms with Crippen LogP contribution in [0.15, 0.2) is 0 Å². The molecule has 0 bridgehead atoms. The van der Waals surface area contributed by atoms with Gasteiger partial charge < -0.3 is 12.5 Å². The van der Waals surface area contributed by atoms with Crippen LogP contribution < -0.4 is 59.1 Å². The van der Waals surface area contributed by atoms with E-state index < -0.39 is 34.0 Å². The molecule has 2 atom stereocenters. The van der Waals surface area contributed by atoms with Crippen molar-refractivity contribution in [1.82, 2.24) is 0 Å². The minimum Gasteiger partial charge on any atom is -1.00 e. The van der Waals surface area contributed by atoms with Crippen LogP contribution in [0.4, 0.5) is 0 Å². The predicted molar refractivity (Wildman–Crippen MR) is 34.2 cm³/mol. The summed E-state index contributed by atoms with van der Waals surface area (Å²) < 4.78 is 32.1. The van der Waals surface area contributed by atoms with Crippen molar-refractivity contribution in [2.75, 3.05) is 11.9 Å². The van der Waals surface area contributed by atoms with Crippen molar-refractivity contribution < 1.29 is 84.2 Å². The summed E-state index contributed by atoms with van der Waals surface area (Å²) in [5.74, 6) is -1.19. The molecule has 0 saturated carbocycles. The van der Waals surface area contributed by atoms with E-state index in [0.29, 0.717) is 0 Å². The summed E-state index contributed by atoms with van der Waals surface area (Å²) in [6.07, 6.45) is 0. The Labute approximate surface area is 117 Å². The Morgan fingerprint density at radius 3 is 2.09 bits per heavy atom. The van der Waals surface area contributed by atoms with Crippen LogP contribution in [-0.4, -0.2) is 30.0 Å². The smallest absolute Gasteiger partial charge is 1.00 e. The van der Waals surface area contributed by atoms with Gasteiger partial charge in [-0.05, 0) is 0 Å². The van der Waals surface area contributed by atoms with Gasteiger partial charge >= 0.3 is 59.1 Å². The third kappa shape index (κ3) is 15.0. The topological polar surface area (TPSA) is 83.8 Å². The molecule has 2 unspecified atom stereocenters. The molecule has 0 saturated heterocycles. The third-order valence-electron chi connectivity index (χ3n) is 0.386. The van der Waals surface area contributed by atoms with Gasteiger partial charge in [-0.1, -0.05) is 0 Å². The molecular weight excluding hydrogens is 214 g/mol. The van der Waals surface area contributed by atoms with E-state index in [1.807, 2.05) is 0 Å². The van der Waals surface area contributed by atoms with Crippen molar-refractivity contribution in [3.63, 3.8) is 0 Å². The average molecular weight is 222 g/mol. The number of hydrogen-bond acceptors (Lipinski definition) is 4. The molecule has 0 fully saturated rings. The minimum atomic E-state index is -2.11. The molecule has 0 aliphatic carbocycles. The van der Waals surface area contributed by atoms with Crippen molar-refractivity contribution in [2.45, 2.75) is 0 Å². The molecule has 0 heterocycles. The van der Waals surface area contributed by atoms with Crippen LogP contribution in [0.2, 0.25) is 0 Å². The molecule has 11 heavy (non-hydrogen) atoms. The summed E-state index contributed by atoms with van der Waals surface area (Å²) in [4.78, 5) is 0. The summed E-state index contributed by atoms with van der Waals surface area (Å²) in [5, 5.41) is 8.04. The Bertz CT molecular complexity index is 138. The van der Waals surface area contributed by atoms with E-state index in [-0.39, 0.29) is 62.0 Å². The van der Waals surface area contributed by atoms with E-state index in [2.05, 4.69) is 4.18 Å². The van der Waals surface area contributed by atoms with Crippen molar-refractivity contribution in [2.24, 2.45) is 0 Å². The van der Waals surface area contributed by atoms with Gasteiger partial charge in [0.25, 0.3) is 0 Å². The molecule has 0 aromatic heterocycles. The molecule has 0 aromatic carbocycles. The van der Waals surface area contributed by atoms with Gasteiger partial charge in [0, 0.05) is 0 Å². The van der Waals surface area contributed by atoms with Crippen LogP contribution in [0.5, 0.6) is 0 Å². The number of aliphatic hydroxyl groups excluding tert-OH is 1. The second-order valence-electron chi connectivity index (χ2n) is 0.990. The zero-order valence-corrected chi connectivity index (χ0v) is 12.0. The van der Waals surface area contributed by atoms with E-state index >= 15 is 0 Å². The van der Waals surface area contributed by atoms with E-state index in [9.17, 15) is 8.42 Å². The van der Waals surface area contributed by atoms with E-state index in [1.54, 1.807) is 0 Å². The Hall–Kier alpha value is 2.18. The predicted octanol–water partition coefficient (Wildman–Crippen LogP) is -6.97. The molecular formula is C2H8Na2O5S2. The van der Waals surface area contributed by atoms with Crippen molar-refractivity contribution >= 4 is 22.2 Å². The molecule has 0 rings (SSSR count). The fourth-order valence-corrected chi connectivity index (χ4v) is 0.965. The zero-order chi connectivity index (χ0) is 7.28. The first-order valence-corrected chi connectivity index (χ1v) is 4.38. The fraction of sp³-hybridized carbons (Fsp3) is 1.00. The first-order chi connectivity index (χ1) is 4.16. The van der Waals surface area contributed by atoms with Gasteiger partial charge in [0.15, 0.2) is 28.1 Å². The standard InChI is InChI=1S/C2H6O5S2.2Na.2H/c3-1-9(6)7-2-8(4)5;;;;/h3H,1-2H2,(H,4,5);;;;/q;2*+1;2*-1. The van der Waals surface area contributed by atoms with Gasteiger partial charge in [0.2, 0.25) is 0 Å². The van der Waals surface area contributed by atoms with Gasteiger partial charge in [-0.3, -0.25) is 4.18 Å². The van der Waals surface area contributed by atoms with Crippen LogP contribution in [0.1, 0.15) is 2.85 Å². The Morgan fingerprint density at radius 2 is 1.82 bits per heavy atom. The van der Waals surface area contributed by atoms with Gasteiger partial charge in [0.1, 0.15) is 5.94 Å². The Morgan fingerprint density at radius 1 is 1.36 bits per heavy atom. The maximum Gasteiger partial charge on any atom is 1.00 e. The molecule has 5 nitrogen and oxygen atoms in total. The summed E-state index contributed by atoms with van der Waals surface area (Å²) in [7, 11) is 0. The second kappa shape index (κ2) is 12.2. The Balaban J connectivity index is -0.0000000533. The molecule has 0 radical (unpaired) electrons. The van der Waals surface area contributed by atoms with Crippen LogP contribution in [-0.2, 0) is 26.3 Å². The number of aliphatic hydroxyl groups is 1. The molecule has 9 heteroatoms. The molecule has 0 aliphatic heterocycles. The summed E-state index contributed by atoms with van der Waals surface area (Å²) in [6, 6.07) is 0. The van der Waals surface area contributed by atoms with Crippen LogP contribution in [0.25, 0.3) is 0 Å². The maximum atomic E-state index is 10.1. The monoisotopic (exact) mass is 222 g/mol. The minimum absolute atomic E-state index is 0. The molecule has 0 amide bonds. The zero-order valence-electron chi connectivity index (χ0n) is 8.35. The van der Waals surface area contributed by atoms with Gasteiger partial charge in [-0.2, -0.15) is 0 Å². The average Bonchev–Trinajstić information content (AvgIpc) is 1.83. The van der Waals surface area contributed by atoms with Gasteiger partial charge in [-0.25, -0.2) is 8.42 Å². The SMILES string of the molecule is O=S(O)COS(=O)CO.[H-].[H-].[Na+].[Na+]. The summed E-state index contributed by atoms with van der Waals surface area (Å²) >= 11 is -3.96. The second-order valence-corrected chi connectivity index (χ2v) is 2.97. The Kier molecular flexibility index (Phi) is 20.9. The summed E-state index contributed by atoms with van der Waals surface area (Å²) in [6.45, 7) is 0. The number of hydrogen-bond donors (Lipinski definition) is 2. The van der Waals surface area contributed by atoms with E-state index in [4.69, 9.17) is 9.66 Å². The molecule has 60 valence electrons. The quantitative estimate of drug-likeness (QED) is 0.365. The largest absolute Gasteiger partial charge is 1.00 e. The number of rotatable bonds is 4. The van der Waals surface area contributed by atoms with Crippen LogP contribution >= 0.6 is 0 Å². The van der Waals surface area contributed by atoms with Crippen LogP contribution in [0.3, 0.4) is 0 Å². The van der Waals surface area contributed by atoms with Gasteiger partial charge in [0.05, 0.1) is 0 Å². The van der Waals surface area contributed by atoms with Crippen LogP contribution in [0, 0.1) is 0 Å². The van der Waals surface area contributed by atoms with Gasteiger partial charge in [-0.15, -0.1) is 0 Å². The fourth-order valence-electron chi connectivity index (χ4n) is 0.132. The van der Waals surface area contributed by atoms with Crippen molar-refractivity contribution in [3.05, 3.63) is 0 Å². The molecule has 0 spiro atoms. The molecule has 0 aromatic rings. The first kappa shape index (κ1) is 18.9. The molecule has 0 aliphatic rings. The van der Waals surface area contributed by atoms with Crippen molar-refractivity contribution in [3.8, 4) is 0 Å². The first-order valence-electron chi connectivity index (χ1n) is 1.86. The van der Waals surface area contributed by atoms with E-state index in [1.165, 1.54) is 0 Å².